The van der Waals surface area contributed by atoms with E-state index in [1.165, 1.54) is 0 Å². The molecule has 1 rings (SSSR count). The number of hydrogen-bond donors (Lipinski definition) is 0. The molecule has 108 valence electrons. The van der Waals surface area contributed by atoms with Crippen LogP contribution in [0.3, 0.4) is 0 Å². The lowest BCUT2D eigenvalue weighted by molar-refractivity contribution is 0.225. The first-order valence-corrected chi connectivity index (χ1v) is 8.93. The van der Waals surface area contributed by atoms with Crippen LogP contribution in [0, 0.1) is 11.8 Å². The minimum Gasteiger partial charge on any atom is -0.490 e. The van der Waals surface area contributed by atoms with Crippen LogP contribution in [0.4, 0.5) is 0 Å². The number of ether oxygens (including phenoxy) is 1. The summed E-state index contributed by atoms with van der Waals surface area (Å²) in [5, 5.41) is 0.785. The van der Waals surface area contributed by atoms with Gasteiger partial charge in [-0.15, -0.1) is 0 Å². The third-order valence-electron chi connectivity index (χ3n) is 2.72. The van der Waals surface area contributed by atoms with E-state index in [2.05, 4.69) is 0 Å². The zero-order chi connectivity index (χ0) is 14.6. The Labute approximate surface area is 128 Å². The SMILES string of the molecule is CC(C)C(COc1c(Cl)cccc1Cl)CS(=O)(=O)Cl. The lowest BCUT2D eigenvalue weighted by Gasteiger charge is -2.20. The fraction of sp³-hybridized carbons (Fsp3) is 0.500. The molecule has 1 aromatic carbocycles. The van der Waals surface area contributed by atoms with Crippen molar-refractivity contribution >= 4 is 42.9 Å². The molecule has 0 N–H and O–H groups in total. The maximum atomic E-state index is 11.1. The topological polar surface area (TPSA) is 43.4 Å². The van der Waals surface area contributed by atoms with Crippen LogP contribution >= 0.6 is 33.9 Å². The molecule has 0 radical (unpaired) electrons. The van der Waals surface area contributed by atoms with Gasteiger partial charge >= 0.3 is 0 Å². The fourth-order valence-corrected chi connectivity index (χ4v) is 3.48. The van der Waals surface area contributed by atoms with Crippen molar-refractivity contribution in [1.29, 1.82) is 0 Å². The van der Waals surface area contributed by atoms with Gasteiger partial charge in [0.15, 0.2) is 5.75 Å². The molecule has 0 saturated heterocycles. The van der Waals surface area contributed by atoms with E-state index < -0.39 is 9.05 Å². The molecule has 0 fully saturated rings. The summed E-state index contributed by atoms with van der Waals surface area (Å²) in [5.41, 5.74) is 0. The first-order valence-electron chi connectivity index (χ1n) is 5.70. The number of para-hydroxylation sites is 1. The highest BCUT2D eigenvalue weighted by Gasteiger charge is 2.22. The van der Waals surface area contributed by atoms with Crippen LogP contribution in [0.5, 0.6) is 5.75 Å². The smallest absolute Gasteiger partial charge is 0.233 e. The van der Waals surface area contributed by atoms with Gasteiger partial charge in [-0.25, -0.2) is 8.42 Å². The van der Waals surface area contributed by atoms with Crippen molar-refractivity contribution in [1.82, 2.24) is 0 Å². The van der Waals surface area contributed by atoms with Crippen molar-refractivity contribution in [2.75, 3.05) is 12.4 Å². The summed E-state index contributed by atoms with van der Waals surface area (Å²) >= 11 is 11.9. The molecule has 0 aliphatic carbocycles. The Morgan fingerprint density at radius 1 is 1.21 bits per heavy atom. The Morgan fingerprint density at radius 2 is 1.74 bits per heavy atom. The Balaban J connectivity index is 2.77. The van der Waals surface area contributed by atoms with Crippen molar-refractivity contribution in [2.45, 2.75) is 13.8 Å². The summed E-state index contributed by atoms with van der Waals surface area (Å²) in [6.07, 6.45) is 0. The third kappa shape index (κ3) is 5.78. The normalized spacial score (nSPS) is 13.6. The van der Waals surface area contributed by atoms with Crippen LogP contribution in [0.1, 0.15) is 13.8 Å². The van der Waals surface area contributed by atoms with Crippen LogP contribution in [0.15, 0.2) is 18.2 Å². The monoisotopic (exact) mass is 344 g/mol. The molecule has 0 heterocycles. The molecular formula is C12H15Cl3O3S. The van der Waals surface area contributed by atoms with Crippen molar-refractivity contribution < 1.29 is 13.2 Å². The highest BCUT2D eigenvalue weighted by Crippen LogP contribution is 2.33. The summed E-state index contributed by atoms with van der Waals surface area (Å²) in [6.45, 7) is 4.00. The van der Waals surface area contributed by atoms with Crippen LogP contribution < -0.4 is 4.74 Å². The number of hydrogen-bond acceptors (Lipinski definition) is 3. The summed E-state index contributed by atoms with van der Waals surface area (Å²) in [7, 11) is 1.71. The molecule has 19 heavy (non-hydrogen) atoms. The van der Waals surface area contributed by atoms with Crippen LogP contribution in [-0.2, 0) is 9.05 Å². The van der Waals surface area contributed by atoms with E-state index >= 15 is 0 Å². The van der Waals surface area contributed by atoms with Crippen LogP contribution in [-0.4, -0.2) is 20.8 Å². The molecule has 0 bridgehead atoms. The predicted octanol–water partition coefficient (Wildman–Crippen LogP) is 4.21. The average Bonchev–Trinajstić information content (AvgIpc) is 2.24. The van der Waals surface area contributed by atoms with Gasteiger partial charge in [-0.3, -0.25) is 0 Å². The second-order valence-electron chi connectivity index (χ2n) is 4.57. The Kier molecular flexibility index (Phi) is 6.24. The Morgan fingerprint density at radius 3 is 2.16 bits per heavy atom. The minimum absolute atomic E-state index is 0.106. The molecule has 3 nitrogen and oxygen atoms in total. The van der Waals surface area contributed by atoms with Gasteiger partial charge in [-0.1, -0.05) is 43.1 Å². The van der Waals surface area contributed by atoms with Gasteiger partial charge < -0.3 is 4.74 Å². The van der Waals surface area contributed by atoms with Gasteiger partial charge in [0, 0.05) is 16.6 Å². The number of benzene rings is 1. The molecule has 7 heteroatoms. The lowest BCUT2D eigenvalue weighted by atomic mass is 9.99. The molecule has 0 aromatic heterocycles. The third-order valence-corrected chi connectivity index (χ3v) is 4.52. The number of rotatable bonds is 6. The van der Waals surface area contributed by atoms with Crippen molar-refractivity contribution in [3.05, 3.63) is 28.2 Å². The van der Waals surface area contributed by atoms with Crippen molar-refractivity contribution in [2.24, 2.45) is 11.8 Å². The quantitative estimate of drug-likeness (QED) is 0.725. The second-order valence-corrected chi connectivity index (χ2v) is 8.21. The zero-order valence-corrected chi connectivity index (χ0v) is 13.7. The predicted molar refractivity (Wildman–Crippen MR) is 79.9 cm³/mol. The minimum atomic E-state index is -3.57. The second kappa shape index (κ2) is 7.02. The standard InChI is InChI=1S/C12H15Cl3O3S/c1-8(2)9(7-19(15,16)17)6-18-12-10(13)4-3-5-11(12)14/h3-5,8-9H,6-7H2,1-2H3. The molecular weight excluding hydrogens is 331 g/mol. The molecule has 0 aliphatic rings. The summed E-state index contributed by atoms with van der Waals surface area (Å²) < 4.78 is 27.8. The van der Waals surface area contributed by atoms with E-state index in [4.69, 9.17) is 38.6 Å². The largest absolute Gasteiger partial charge is 0.490 e. The summed E-state index contributed by atoms with van der Waals surface area (Å²) in [6, 6.07) is 5.03. The van der Waals surface area contributed by atoms with E-state index in [1.54, 1.807) is 18.2 Å². The van der Waals surface area contributed by atoms with E-state index in [-0.39, 0.29) is 24.2 Å². The molecule has 0 amide bonds. The van der Waals surface area contributed by atoms with Gasteiger partial charge in [0.2, 0.25) is 9.05 Å². The maximum Gasteiger partial charge on any atom is 0.233 e. The van der Waals surface area contributed by atoms with Gasteiger partial charge in [-0.2, -0.15) is 0 Å². The molecule has 0 spiro atoms. The van der Waals surface area contributed by atoms with Gasteiger partial charge in [0.1, 0.15) is 0 Å². The fourth-order valence-electron chi connectivity index (χ4n) is 1.50. The van der Waals surface area contributed by atoms with E-state index in [9.17, 15) is 8.42 Å². The average molecular weight is 346 g/mol. The van der Waals surface area contributed by atoms with Crippen molar-refractivity contribution in [3.63, 3.8) is 0 Å². The highest BCUT2D eigenvalue weighted by molar-refractivity contribution is 8.13. The van der Waals surface area contributed by atoms with Crippen molar-refractivity contribution in [3.8, 4) is 5.75 Å². The lowest BCUT2D eigenvalue weighted by Crippen LogP contribution is -2.24. The van der Waals surface area contributed by atoms with E-state index in [0.717, 1.165) is 0 Å². The molecule has 1 aromatic rings. The Hall–Kier alpha value is -0.160. The highest BCUT2D eigenvalue weighted by atomic mass is 35.7. The van der Waals surface area contributed by atoms with Gasteiger partial charge in [0.25, 0.3) is 0 Å². The first kappa shape index (κ1) is 16.9. The van der Waals surface area contributed by atoms with Gasteiger partial charge in [-0.05, 0) is 18.1 Å². The maximum absolute atomic E-state index is 11.1. The molecule has 0 aliphatic heterocycles. The van der Waals surface area contributed by atoms with E-state index in [0.29, 0.717) is 15.8 Å². The summed E-state index contributed by atoms with van der Waals surface area (Å²) in [4.78, 5) is 0. The van der Waals surface area contributed by atoms with E-state index in [1.807, 2.05) is 13.8 Å². The molecule has 1 unspecified atom stereocenters. The Bertz CT molecular complexity index is 509. The first-order chi connectivity index (χ1) is 8.70. The van der Waals surface area contributed by atoms with Crippen LogP contribution in [0.2, 0.25) is 10.0 Å². The van der Waals surface area contributed by atoms with Crippen LogP contribution in [0.25, 0.3) is 0 Å². The van der Waals surface area contributed by atoms with Gasteiger partial charge in [0.05, 0.1) is 22.4 Å². The molecule has 1 atom stereocenters. The zero-order valence-electron chi connectivity index (χ0n) is 10.6. The summed E-state index contributed by atoms with van der Waals surface area (Å²) in [5.74, 6) is 0.0990. The number of halogens is 3. The molecule has 0 saturated carbocycles.